The van der Waals surface area contributed by atoms with E-state index in [4.69, 9.17) is 23.2 Å². The van der Waals surface area contributed by atoms with Crippen LogP contribution in [0.5, 0.6) is 0 Å². The lowest BCUT2D eigenvalue weighted by Gasteiger charge is -2.24. The minimum Gasteiger partial charge on any atom is -0.336 e. The summed E-state index contributed by atoms with van der Waals surface area (Å²) in [6.45, 7) is 2.36. The molecule has 162 valence electrons. The molecular weight excluding hydrogens is 470 g/mol. The maximum absolute atomic E-state index is 13.7. The summed E-state index contributed by atoms with van der Waals surface area (Å²) < 4.78 is 13.7. The third-order valence-electron chi connectivity index (χ3n) is 4.87. The molecule has 8 heteroatoms. The first kappa shape index (κ1) is 22.4. The standard InChI is InChI=1S/C24H17Cl2FN2O2S/c1-2-28(16-6-4-3-5-7-16)21-22(32-18-11-8-15(25)9-12-18)24(31)29(23(21)30)17-10-13-20(27)19(26)14-17/h3-14H,2H2,1H3. The lowest BCUT2D eigenvalue weighted by Crippen LogP contribution is -2.35. The maximum atomic E-state index is 13.7. The van der Waals surface area contributed by atoms with E-state index in [-0.39, 0.29) is 21.3 Å². The van der Waals surface area contributed by atoms with Crippen molar-refractivity contribution in [1.82, 2.24) is 0 Å². The molecule has 0 radical (unpaired) electrons. The smallest absolute Gasteiger partial charge is 0.283 e. The van der Waals surface area contributed by atoms with Crippen molar-refractivity contribution in [2.24, 2.45) is 0 Å². The monoisotopic (exact) mass is 486 g/mol. The molecule has 0 fully saturated rings. The number of thioether (sulfide) groups is 1. The molecule has 0 unspecified atom stereocenters. The Morgan fingerprint density at radius 3 is 2.25 bits per heavy atom. The Hall–Kier alpha value is -2.80. The van der Waals surface area contributed by atoms with Crippen molar-refractivity contribution in [3.63, 3.8) is 0 Å². The van der Waals surface area contributed by atoms with E-state index in [1.165, 1.54) is 23.9 Å². The molecule has 0 aromatic heterocycles. The molecule has 0 aliphatic carbocycles. The van der Waals surface area contributed by atoms with Crippen molar-refractivity contribution in [1.29, 1.82) is 0 Å². The van der Waals surface area contributed by atoms with E-state index in [1.807, 2.05) is 37.3 Å². The van der Waals surface area contributed by atoms with Crippen molar-refractivity contribution in [2.75, 3.05) is 16.3 Å². The number of hydrogen-bond donors (Lipinski definition) is 0. The number of rotatable bonds is 6. The summed E-state index contributed by atoms with van der Waals surface area (Å²) in [6, 6.07) is 20.1. The average Bonchev–Trinajstić information content (AvgIpc) is 3.03. The molecule has 1 aliphatic rings. The molecule has 1 aliphatic heterocycles. The van der Waals surface area contributed by atoms with Crippen LogP contribution in [0.1, 0.15) is 6.92 Å². The minimum absolute atomic E-state index is 0.168. The molecule has 32 heavy (non-hydrogen) atoms. The van der Waals surface area contributed by atoms with Crippen molar-refractivity contribution in [2.45, 2.75) is 11.8 Å². The van der Waals surface area contributed by atoms with Crippen LogP contribution in [0.15, 0.2) is 88.3 Å². The van der Waals surface area contributed by atoms with E-state index >= 15 is 0 Å². The average molecular weight is 487 g/mol. The lowest BCUT2D eigenvalue weighted by molar-refractivity contribution is -0.120. The van der Waals surface area contributed by atoms with Gasteiger partial charge < -0.3 is 4.90 Å². The Kier molecular flexibility index (Phi) is 6.55. The van der Waals surface area contributed by atoms with E-state index in [0.717, 1.165) is 21.5 Å². The van der Waals surface area contributed by atoms with Gasteiger partial charge in [-0.2, -0.15) is 0 Å². The second kappa shape index (κ2) is 9.36. The summed E-state index contributed by atoms with van der Waals surface area (Å²) in [5, 5.41) is 0.401. The Labute approximate surface area is 199 Å². The molecule has 3 aromatic rings. The highest BCUT2D eigenvalue weighted by Gasteiger charge is 2.42. The van der Waals surface area contributed by atoms with Gasteiger partial charge in [-0.1, -0.05) is 53.2 Å². The highest BCUT2D eigenvalue weighted by atomic mass is 35.5. The Bertz CT molecular complexity index is 1220. The number of nitrogens with zero attached hydrogens (tertiary/aromatic N) is 2. The van der Waals surface area contributed by atoms with Crippen LogP contribution in [-0.2, 0) is 9.59 Å². The van der Waals surface area contributed by atoms with Gasteiger partial charge in [-0.3, -0.25) is 9.59 Å². The van der Waals surface area contributed by atoms with E-state index in [9.17, 15) is 14.0 Å². The molecule has 3 aromatic carbocycles. The molecule has 0 bridgehead atoms. The van der Waals surface area contributed by atoms with Gasteiger partial charge in [-0.05, 0) is 61.5 Å². The van der Waals surface area contributed by atoms with Crippen LogP contribution in [0, 0.1) is 5.82 Å². The zero-order valence-electron chi connectivity index (χ0n) is 16.9. The van der Waals surface area contributed by atoms with Gasteiger partial charge in [0.1, 0.15) is 16.4 Å². The number of para-hydroxylation sites is 1. The molecule has 0 saturated carbocycles. The predicted octanol–water partition coefficient (Wildman–Crippen LogP) is 6.54. The van der Waals surface area contributed by atoms with Crippen molar-refractivity contribution < 1.29 is 14.0 Å². The normalized spacial score (nSPS) is 13.8. The number of carbonyl (C=O) groups is 2. The molecule has 1 heterocycles. The van der Waals surface area contributed by atoms with Crippen LogP contribution in [0.3, 0.4) is 0 Å². The molecule has 0 N–H and O–H groups in total. The van der Waals surface area contributed by atoms with Crippen LogP contribution < -0.4 is 9.80 Å². The third-order valence-corrected chi connectivity index (χ3v) is 6.49. The molecule has 4 rings (SSSR count). The number of imide groups is 1. The van der Waals surface area contributed by atoms with Gasteiger partial charge in [0, 0.05) is 22.2 Å². The summed E-state index contributed by atoms with van der Waals surface area (Å²) in [7, 11) is 0. The number of anilines is 2. The molecule has 0 atom stereocenters. The highest BCUT2D eigenvalue weighted by Crippen LogP contribution is 2.40. The van der Waals surface area contributed by atoms with E-state index < -0.39 is 17.6 Å². The Balaban J connectivity index is 1.83. The topological polar surface area (TPSA) is 40.6 Å². The minimum atomic E-state index is -0.627. The zero-order chi connectivity index (χ0) is 22.8. The van der Waals surface area contributed by atoms with Crippen LogP contribution >= 0.6 is 35.0 Å². The van der Waals surface area contributed by atoms with Crippen molar-refractivity contribution in [3.8, 4) is 0 Å². The quantitative estimate of drug-likeness (QED) is 0.371. The Morgan fingerprint density at radius 2 is 1.62 bits per heavy atom. The number of carbonyl (C=O) groups excluding carboxylic acids is 2. The molecule has 0 saturated heterocycles. The number of amides is 2. The fraction of sp³-hybridized carbons (Fsp3) is 0.0833. The first-order valence-corrected chi connectivity index (χ1v) is 11.3. The highest BCUT2D eigenvalue weighted by molar-refractivity contribution is 8.04. The van der Waals surface area contributed by atoms with E-state index in [2.05, 4.69) is 0 Å². The van der Waals surface area contributed by atoms with Crippen LogP contribution in [-0.4, -0.2) is 18.4 Å². The molecule has 2 amide bonds. The summed E-state index contributed by atoms with van der Waals surface area (Å²) in [4.78, 5) is 30.9. The zero-order valence-corrected chi connectivity index (χ0v) is 19.2. The SMILES string of the molecule is CCN(C1=C(Sc2ccc(Cl)cc2)C(=O)N(c2ccc(F)c(Cl)c2)C1=O)c1ccccc1. The van der Waals surface area contributed by atoms with E-state index in [1.54, 1.807) is 29.2 Å². The largest absolute Gasteiger partial charge is 0.336 e. The summed E-state index contributed by atoms with van der Waals surface area (Å²) in [5.41, 5.74) is 1.24. The number of hydrogen-bond acceptors (Lipinski definition) is 4. The number of halogens is 3. The van der Waals surface area contributed by atoms with Gasteiger partial charge in [-0.25, -0.2) is 9.29 Å². The van der Waals surface area contributed by atoms with Gasteiger partial charge in [0.15, 0.2) is 0 Å². The van der Waals surface area contributed by atoms with Gasteiger partial charge >= 0.3 is 0 Å². The van der Waals surface area contributed by atoms with Gasteiger partial charge in [0.25, 0.3) is 11.8 Å². The molecule has 4 nitrogen and oxygen atoms in total. The summed E-state index contributed by atoms with van der Waals surface area (Å²) in [6.07, 6.45) is 0. The Morgan fingerprint density at radius 1 is 0.938 bits per heavy atom. The summed E-state index contributed by atoms with van der Waals surface area (Å²) >= 11 is 13.1. The molecular formula is C24H17Cl2FN2O2S. The van der Waals surface area contributed by atoms with Crippen molar-refractivity contribution >= 4 is 58.2 Å². The van der Waals surface area contributed by atoms with Gasteiger partial charge in [0.2, 0.25) is 0 Å². The van der Waals surface area contributed by atoms with Crippen LogP contribution in [0.25, 0.3) is 0 Å². The first-order chi connectivity index (χ1) is 15.4. The predicted molar refractivity (Wildman–Crippen MR) is 128 cm³/mol. The number of benzene rings is 3. The number of likely N-dealkylation sites (N-methyl/N-ethyl adjacent to an activating group) is 1. The second-order valence-corrected chi connectivity index (χ2v) is 8.79. The fourth-order valence-corrected chi connectivity index (χ4v) is 4.67. The second-order valence-electron chi connectivity index (χ2n) is 6.86. The summed E-state index contributed by atoms with van der Waals surface area (Å²) in [5.74, 6) is -1.63. The lowest BCUT2D eigenvalue weighted by atomic mass is 10.2. The van der Waals surface area contributed by atoms with Gasteiger partial charge in [-0.15, -0.1) is 0 Å². The van der Waals surface area contributed by atoms with E-state index in [0.29, 0.717) is 11.6 Å². The molecule has 0 spiro atoms. The maximum Gasteiger partial charge on any atom is 0.283 e. The third kappa shape index (κ3) is 4.26. The fourth-order valence-electron chi connectivity index (χ4n) is 3.38. The van der Waals surface area contributed by atoms with Crippen molar-refractivity contribution in [3.05, 3.63) is 99.3 Å². The van der Waals surface area contributed by atoms with Crippen LogP contribution in [0.2, 0.25) is 10.0 Å². The first-order valence-electron chi connectivity index (χ1n) is 9.74. The van der Waals surface area contributed by atoms with Gasteiger partial charge in [0.05, 0.1) is 10.7 Å². The van der Waals surface area contributed by atoms with Crippen LogP contribution in [0.4, 0.5) is 15.8 Å².